The molecule has 0 radical (unpaired) electrons. The highest BCUT2D eigenvalue weighted by molar-refractivity contribution is 7.93. The first-order valence-electron chi connectivity index (χ1n) is 10.3. The molecular weight excluding hydrogens is 491 g/mol. The predicted octanol–water partition coefficient (Wildman–Crippen LogP) is 4.40. The molecule has 0 aliphatic heterocycles. The fourth-order valence-electron chi connectivity index (χ4n) is 3.14. The highest BCUT2D eigenvalue weighted by Crippen LogP contribution is 2.32. The third-order valence-electron chi connectivity index (χ3n) is 5.15. The lowest BCUT2D eigenvalue weighted by Gasteiger charge is -2.15. The summed E-state index contributed by atoms with van der Waals surface area (Å²) in [5, 5.41) is 4.42. The molecule has 8 nitrogen and oxygen atoms in total. The van der Waals surface area contributed by atoms with E-state index in [1.54, 1.807) is 5.38 Å². The van der Waals surface area contributed by atoms with Gasteiger partial charge in [-0.1, -0.05) is 19.1 Å². The number of carbonyl (C=O) groups excluding carboxylic acids is 1. The van der Waals surface area contributed by atoms with E-state index in [-0.39, 0.29) is 16.1 Å². The number of carbonyl (C=O) groups is 1. The van der Waals surface area contributed by atoms with Crippen molar-refractivity contribution in [3.8, 4) is 11.3 Å². The standard InChI is InChI=1S/C21H20F3N5O3S2/c1-2-15(17-11-33-20(28-17)29-34(31,32)14-7-8-14)27-19(30)13-5-3-12(4-6-13)16-9-25-10-18(26-16)21(22,23)24/h3-6,9-11,14-15H,2,7-8H2,1H3,(H,27,30)(H,28,29). The number of alkyl halides is 3. The van der Waals surface area contributed by atoms with E-state index in [4.69, 9.17) is 0 Å². The van der Waals surface area contributed by atoms with Crippen LogP contribution >= 0.6 is 11.3 Å². The minimum Gasteiger partial charge on any atom is -0.344 e. The maximum absolute atomic E-state index is 12.9. The number of amides is 1. The van der Waals surface area contributed by atoms with Crippen molar-refractivity contribution < 1.29 is 26.4 Å². The van der Waals surface area contributed by atoms with Crippen LogP contribution < -0.4 is 10.0 Å². The number of sulfonamides is 1. The Morgan fingerprint density at radius 2 is 1.88 bits per heavy atom. The summed E-state index contributed by atoms with van der Waals surface area (Å²) in [7, 11) is -3.42. The molecule has 1 saturated carbocycles. The van der Waals surface area contributed by atoms with Crippen molar-refractivity contribution in [2.24, 2.45) is 0 Å². The highest BCUT2D eigenvalue weighted by atomic mass is 32.2. The van der Waals surface area contributed by atoms with Gasteiger partial charge < -0.3 is 5.32 Å². The minimum absolute atomic E-state index is 0.0388. The molecule has 0 saturated heterocycles. The Morgan fingerprint density at radius 1 is 1.18 bits per heavy atom. The average Bonchev–Trinajstić information content (AvgIpc) is 3.58. The number of hydrogen-bond donors (Lipinski definition) is 2. The van der Waals surface area contributed by atoms with E-state index in [0.29, 0.717) is 42.3 Å². The van der Waals surface area contributed by atoms with E-state index in [9.17, 15) is 26.4 Å². The van der Waals surface area contributed by atoms with Crippen molar-refractivity contribution >= 4 is 32.4 Å². The summed E-state index contributed by atoms with van der Waals surface area (Å²) in [6.07, 6.45) is -0.945. The molecule has 0 spiro atoms. The van der Waals surface area contributed by atoms with Crippen LogP contribution in [0, 0.1) is 0 Å². The van der Waals surface area contributed by atoms with Crippen LogP contribution in [-0.4, -0.2) is 34.5 Å². The molecule has 1 unspecified atom stereocenters. The summed E-state index contributed by atoms with van der Waals surface area (Å²) in [5.41, 5.74) is 0.156. The zero-order chi connectivity index (χ0) is 24.5. The maximum atomic E-state index is 12.9. The lowest BCUT2D eigenvalue weighted by Crippen LogP contribution is -2.28. The molecule has 34 heavy (non-hydrogen) atoms. The molecule has 1 aromatic carbocycles. The Hall–Kier alpha value is -3.06. The van der Waals surface area contributed by atoms with Gasteiger partial charge in [0.15, 0.2) is 10.8 Å². The monoisotopic (exact) mass is 511 g/mol. The Balaban J connectivity index is 1.44. The number of nitrogens with zero attached hydrogens (tertiary/aromatic N) is 3. The molecule has 1 atom stereocenters. The normalized spacial score (nSPS) is 15.1. The van der Waals surface area contributed by atoms with Crippen molar-refractivity contribution in [2.45, 2.75) is 43.7 Å². The third kappa shape index (κ3) is 5.53. The van der Waals surface area contributed by atoms with Crippen molar-refractivity contribution in [1.29, 1.82) is 0 Å². The number of aromatic nitrogens is 3. The van der Waals surface area contributed by atoms with E-state index in [1.165, 1.54) is 30.5 Å². The number of nitrogens with one attached hydrogen (secondary N) is 2. The maximum Gasteiger partial charge on any atom is 0.434 e. The zero-order valence-corrected chi connectivity index (χ0v) is 19.5. The molecule has 1 aliphatic rings. The first-order valence-corrected chi connectivity index (χ1v) is 12.8. The summed E-state index contributed by atoms with van der Waals surface area (Å²) in [6.45, 7) is 1.85. The van der Waals surface area contributed by atoms with Crippen LogP contribution in [0.4, 0.5) is 18.3 Å². The van der Waals surface area contributed by atoms with Gasteiger partial charge in [-0.25, -0.2) is 18.4 Å². The Bertz CT molecular complexity index is 1290. The van der Waals surface area contributed by atoms with Crippen LogP contribution in [-0.2, 0) is 16.2 Å². The lowest BCUT2D eigenvalue weighted by molar-refractivity contribution is -0.141. The van der Waals surface area contributed by atoms with Gasteiger partial charge in [-0.05, 0) is 31.4 Å². The van der Waals surface area contributed by atoms with Gasteiger partial charge in [0.2, 0.25) is 10.0 Å². The second-order valence-corrected chi connectivity index (χ2v) is 10.5. The summed E-state index contributed by atoms with van der Waals surface area (Å²) < 4.78 is 65.3. The van der Waals surface area contributed by atoms with Gasteiger partial charge in [0, 0.05) is 16.5 Å². The van der Waals surface area contributed by atoms with Gasteiger partial charge >= 0.3 is 6.18 Å². The molecular formula is C21H20F3N5O3S2. The summed E-state index contributed by atoms with van der Waals surface area (Å²) in [4.78, 5) is 24.2. The van der Waals surface area contributed by atoms with Gasteiger partial charge in [-0.3, -0.25) is 14.5 Å². The number of benzene rings is 1. The molecule has 4 rings (SSSR count). The highest BCUT2D eigenvalue weighted by Gasteiger charge is 2.36. The van der Waals surface area contributed by atoms with Gasteiger partial charge in [0.1, 0.15) is 0 Å². The molecule has 2 N–H and O–H groups in total. The van der Waals surface area contributed by atoms with E-state index < -0.39 is 33.8 Å². The molecule has 0 bridgehead atoms. The minimum atomic E-state index is -4.61. The topological polar surface area (TPSA) is 114 Å². The van der Waals surface area contributed by atoms with Gasteiger partial charge in [-0.15, -0.1) is 11.3 Å². The summed E-state index contributed by atoms with van der Waals surface area (Å²) in [6, 6.07) is 5.50. The van der Waals surface area contributed by atoms with Crippen LogP contribution in [0.25, 0.3) is 11.3 Å². The molecule has 13 heteroatoms. The lowest BCUT2D eigenvalue weighted by atomic mass is 10.1. The van der Waals surface area contributed by atoms with Crippen LogP contribution in [0.2, 0.25) is 0 Å². The quantitative estimate of drug-likeness (QED) is 0.463. The smallest absolute Gasteiger partial charge is 0.344 e. The number of hydrogen-bond acceptors (Lipinski definition) is 7. The summed E-state index contributed by atoms with van der Waals surface area (Å²) in [5.74, 6) is -0.401. The van der Waals surface area contributed by atoms with Crippen LogP contribution in [0.3, 0.4) is 0 Å². The van der Waals surface area contributed by atoms with E-state index in [1.807, 2.05) is 6.92 Å². The Labute approximate surface area is 197 Å². The first-order chi connectivity index (χ1) is 16.1. The molecule has 1 amide bonds. The molecule has 1 aliphatic carbocycles. The fourth-order valence-corrected chi connectivity index (χ4v) is 5.50. The fraction of sp³-hybridized carbons (Fsp3) is 0.333. The molecule has 2 heterocycles. The number of rotatable bonds is 8. The second-order valence-electron chi connectivity index (χ2n) is 7.72. The van der Waals surface area contributed by atoms with Gasteiger partial charge in [0.05, 0.1) is 35.1 Å². The van der Waals surface area contributed by atoms with Crippen LogP contribution in [0.1, 0.15) is 54.0 Å². The molecule has 1 fully saturated rings. The largest absolute Gasteiger partial charge is 0.434 e. The van der Waals surface area contributed by atoms with E-state index >= 15 is 0 Å². The first kappa shape index (κ1) is 24.1. The number of thiazole rings is 1. The van der Waals surface area contributed by atoms with E-state index in [2.05, 4.69) is 25.0 Å². The van der Waals surface area contributed by atoms with Crippen LogP contribution in [0.15, 0.2) is 42.0 Å². The zero-order valence-electron chi connectivity index (χ0n) is 17.8. The van der Waals surface area contributed by atoms with Crippen LogP contribution in [0.5, 0.6) is 0 Å². The van der Waals surface area contributed by atoms with Crippen molar-refractivity contribution in [2.75, 3.05) is 4.72 Å². The van der Waals surface area contributed by atoms with Gasteiger partial charge in [0.25, 0.3) is 5.91 Å². The van der Waals surface area contributed by atoms with Crippen molar-refractivity contribution in [1.82, 2.24) is 20.3 Å². The Kier molecular flexibility index (Phi) is 6.58. The number of halogens is 3. The van der Waals surface area contributed by atoms with E-state index in [0.717, 1.165) is 11.3 Å². The Morgan fingerprint density at radius 3 is 2.50 bits per heavy atom. The number of anilines is 1. The second kappa shape index (κ2) is 9.29. The van der Waals surface area contributed by atoms with Crippen molar-refractivity contribution in [3.05, 3.63) is 59.0 Å². The van der Waals surface area contributed by atoms with Crippen molar-refractivity contribution in [3.63, 3.8) is 0 Å². The van der Waals surface area contributed by atoms with Gasteiger partial charge in [-0.2, -0.15) is 13.2 Å². The third-order valence-corrected chi connectivity index (χ3v) is 7.89. The molecule has 180 valence electrons. The SMILES string of the molecule is CCC(NC(=O)c1ccc(-c2cncc(C(F)(F)F)n2)cc1)c1csc(NS(=O)(=O)C2CC2)n1. The average molecular weight is 512 g/mol. The molecule has 2 aromatic heterocycles. The summed E-state index contributed by atoms with van der Waals surface area (Å²) >= 11 is 1.14. The predicted molar refractivity (Wildman–Crippen MR) is 121 cm³/mol. The molecule has 3 aromatic rings.